The fraction of sp³-hybridized carbons (Fsp3) is 0.167. The van der Waals surface area contributed by atoms with E-state index in [1.165, 1.54) is 16.9 Å². The SMILES string of the molecule is NC(Cc1ccccc1Br)c1cc(Cl)sc1Cl. The summed E-state index contributed by atoms with van der Waals surface area (Å²) in [6.45, 7) is 0. The molecule has 0 saturated heterocycles. The smallest absolute Gasteiger partial charge is 0.0992 e. The van der Waals surface area contributed by atoms with Gasteiger partial charge in [-0.25, -0.2) is 0 Å². The van der Waals surface area contributed by atoms with Gasteiger partial charge in [-0.1, -0.05) is 57.3 Å². The van der Waals surface area contributed by atoms with Crippen LogP contribution in [0, 0.1) is 0 Å². The highest BCUT2D eigenvalue weighted by Gasteiger charge is 2.15. The van der Waals surface area contributed by atoms with Gasteiger partial charge in [-0.2, -0.15) is 0 Å². The quantitative estimate of drug-likeness (QED) is 0.822. The summed E-state index contributed by atoms with van der Waals surface area (Å²) in [6.07, 6.45) is 0.730. The van der Waals surface area contributed by atoms with Gasteiger partial charge in [0.05, 0.1) is 8.67 Å². The summed E-state index contributed by atoms with van der Waals surface area (Å²) in [7, 11) is 0. The van der Waals surface area contributed by atoms with E-state index in [-0.39, 0.29) is 6.04 Å². The summed E-state index contributed by atoms with van der Waals surface area (Å²) in [6, 6.07) is 9.74. The van der Waals surface area contributed by atoms with E-state index < -0.39 is 0 Å². The summed E-state index contributed by atoms with van der Waals surface area (Å²) >= 11 is 16.9. The van der Waals surface area contributed by atoms with Crippen LogP contribution in [0.5, 0.6) is 0 Å². The first kappa shape index (κ1) is 13.4. The minimum Gasteiger partial charge on any atom is -0.324 e. The molecule has 1 nitrogen and oxygen atoms in total. The zero-order valence-corrected chi connectivity index (χ0v) is 12.7. The van der Waals surface area contributed by atoms with Crippen LogP contribution in [0.1, 0.15) is 17.2 Å². The van der Waals surface area contributed by atoms with Crippen molar-refractivity contribution >= 4 is 50.5 Å². The second-order valence-corrected chi connectivity index (χ2v) is 6.82. The van der Waals surface area contributed by atoms with Crippen LogP contribution in [0.4, 0.5) is 0 Å². The molecule has 1 atom stereocenters. The molecule has 0 spiro atoms. The molecule has 0 aliphatic rings. The summed E-state index contributed by atoms with van der Waals surface area (Å²) in [5.74, 6) is 0. The second-order valence-electron chi connectivity index (χ2n) is 3.68. The fourth-order valence-corrected chi connectivity index (χ4v) is 3.66. The van der Waals surface area contributed by atoms with Crippen molar-refractivity contribution < 1.29 is 0 Å². The van der Waals surface area contributed by atoms with E-state index in [4.69, 9.17) is 28.9 Å². The van der Waals surface area contributed by atoms with Crippen molar-refractivity contribution in [3.8, 4) is 0 Å². The second kappa shape index (κ2) is 5.72. The van der Waals surface area contributed by atoms with Crippen molar-refractivity contribution in [1.82, 2.24) is 0 Å². The summed E-state index contributed by atoms with van der Waals surface area (Å²) in [5.41, 5.74) is 8.23. The van der Waals surface area contributed by atoms with Crippen LogP contribution in [0.25, 0.3) is 0 Å². The monoisotopic (exact) mass is 349 g/mol. The van der Waals surface area contributed by atoms with E-state index in [0.29, 0.717) is 8.67 Å². The Balaban J connectivity index is 2.20. The number of thiophene rings is 1. The standard InChI is InChI=1S/C12H10BrCl2NS/c13-9-4-2-1-3-7(9)5-10(16)8-6-11(14)17-12(8)15/h1-4,6,10H,5,16H2. The van der Waals surface area contributed by atoms with Crippen molar-refractivity contribution in [1.29, 1.82) is 0 Å². The zero-order valence-electron chi connectivity index (χ0n) is 8.79. The predicted molar refractivity (Wildman–Crippen MR) is 79.1 cm³/mol. The van der Waals surface area contributed by atoms with Gasteiger partial charge in [0.1, 0.15) is 0 Å². The van der Waals surface area contributed by atoms with Gasteiger partial charge in [-0.15, -0.1) is 11.3 Å². The average Bonchev–Trinajstić information content (AvgIpc) is 2.61. The number of rotatable bonds is 3. The zero-order chi connectivity index (χ0) is 12.4. The predicted octanol–water partition coefficient (Wildman–Crippen LogP) is 5.06. The lowest BCUT2D eigenvalue weighted by Crippen LogP contribution is -2.13. The third-order valence-corrected chi connectivity index (χ3v) is 4.77. The van der Waals surface area contributed by atoms with Gasteiger partial charge < -0.3 is 5.73 Å². The molecule has 0 fully saturated rings. The molecule has 2 N–H and O–H groups in total. The first-order valence-corrected chi connectivity index (χ1v) is 7.38. The van der Waals surface area contributed by atoms with Gasteiger partial charge in [0.15, 0.2) is 0 Å². The number of hydrogen-bond acceptors (Lipinski definition) is 2. The molecule has 1 aromatic heterocycles. The summed E-state index contributed by atoms with van der Waals surface area (Å²) in [5, 5.41) is 0. The third-order valence-electron chi connectivity index (χ3n) is 2.48. The van der Waals surface area contributed by atoms with Crippen LogP contribution in [-0.4, -0.2) is 0 Å². The van der Waals surface area contributed by atoms with Crippen molar-refractivity contribution in [2.75, 3.05) is 0 Å². The van der Waals surface area contributed by atoms with Gasteiger partial charge >= 0.3 is 0 Å². The van der Waals surface area contributed by atoms with Crippen LogP contribution in [-0.2, 0) is 6.42 Å². The molecule has 0 saturated carbocycles. The molecule has 0 radical (unpaired) electrons. The van der Waals surface area contributed by atoms with E-state index in [0.717, 1.165) is 16.5 Å². The lowest BCUT2D eigenvalue weighted by molar-refractivity contribution is 0.723. The summed E-state index contributed by atoms with van der Waals surface area (Å²) < 4.78 is 2.41. The number of nitrogens with two attached hydrogens (primary N) is 1. The Morgan fingerprint density at radius 1 is 1.29 bits per heavy atom. The van der Waals surface area contributed by atoms with E-state index in [1.807, 2.05) is 30.3 Å². The number of hydrogen-bond donors (Lipinski definition) is 1. The molecule has 1 aromatic carbocycles. The average molecular weight is 351 g/mol. The van der Waals surface area contributed by atoms with Crippen molar-refractivity contribution in [3.05, 3.63) is 54.6 Å². The van der Waals surface area contributed by atoms with Crippen LogP contribution in [0.2, 0.25) is 8.67 Å². The molecule has 1 heterocycles. The van der Waals surface area contributed by atoms with Crippen molar-refractivity contribution in [2.24, 2.45) is 5.73 Å². The maximum atomic E-state index is 6.15. The first-order valence-electron chi connectivity index (χ1n) is 5.01. The summed E-state index contributed by atoms with van der Waals surface area (Å²) in [4.78, 5) is 0. The van der Waals surface area contributed by atoms with Gasteiger partial charge in [0.2, 0.25) is 0 Å². The molecule has 2 rings (SSSR count). The molecule has 90 valence electrons. The van der Waals surface area contributed by atoms with Crippen LogP contribution >= 0.6 is 50.5 Å². The van der Waals surface area contributed by atoms with E-state index in [2.05, 4.69) is 15.9 Å². The number of halogens is 3. The molecule has 0 aliphatic heterocycles. The molecule has 0 bridgehead atoms. The van der Waals surface area contributed by atoms with E-state index in [1.54, 1.807) is 0 Å². The first-order chi connectivity index (χ1) is 8.08. The lowest BCUT2D eigenvalue weighted by atomic mass is 10.0. The molecule has 2 aromatic rings. The maximum Gasteiger partial charge on any atom is 0.0992 e. The Morgan fingerprint density at radius 2 is 2.00 bits per heavy atom. The topological polar surface area (TPSA) is 26.0 Å². The van der Waals surface area contributed by atoms with Gasteiger partial charge in [-0.3, -0.25) is 0 Å². The highest BCUT2D eigenvalue weighted by Crippen LogP contribution is 2.35. The molecular weight excluding hydrogens is 341 g/mol. The third kappa shape index (κ3) is 3.24. The van der Waals surface area contributed by atoms with Gasteiger partial charge in [-0.05, 0) is 24.1 Å². The van der Waals surface area contributed by atoms with Crippen LogP contribution in [0.15, 0.2) is 34.8 Å². The highest BCUT2D eigenvalue weighted by molar-refractivity contribution is 9.10. The minimum absolute atomic E-state index is 0.134. The van der Waals surface area contributed by atoms with Gasteiger partial charge in [0.25, 0.3) is 0 Å². The maximum absolute atomic E-state index is 6.15. The Hall–Kier alpha value is -0.0600. The molecular formula is C12H10BrCl2NS. The fourth-order valence-electron chi connectivity index (χ4n) is 1.62. The minimum atomic E-state index is -0.134. The molecule has 0 amide bonds. The van der Waals surface area contributed by atoms with Crippen LogP contribution in [0.3, 0.4) is 0 Å². The van der Waals surface area contributed by atoms with Crippen molar-refractivity contribution in [2.45, 2.75) is 12.5 Å². The Labute approximate surface area is 123 Å². The Morgan fingerprint density at radius 3 is 2.59 bits per heavy atom. The molecule has 0 aliphatic carbocycles. The normalized spacial score (nSPS) is 12.7. The number of benzene rings is 1. The molecule has 5 heteroatoms. The lowest BCUT2D eigenvalue weighted by Gasteiger charge is -2.12. The highest BCUT2D eigenvalue weighted by atomic mass is 79.9. The van der Waals surface area contributed by atoms with E-state index in [9.17, 15) is 0 Å². The Bertz CT molecular complexity index is 527. The molecule has 17 heavy (non-hydrogen) atoms. The van der Waals surface area contributed by atoms with Gasteiger partial charge in [0, 0.05) is 16.1 Å². The largest absolute Gasteiger partial charge is 0.324 e. The van der Waals surface area contributed by atoms with Crippen LogP contribution < -0.4 is 5.73 Å². The van der Waals surface area contributed by atoms with Crippen molar-refractivity contribution in [3.63, 3.8) is 0 Å². The van der Waals surface area contributed by atoms with E-state index >= 15 is 0 Å². The Kier molecular flexibility index (Phi) is 4.50. The molecule has 1 unspecified atom stereocenters.